The van der Waals surface area contributed by atoms with E-state index in [0.29, 0.717) is 22.6 Å². The summed E-state index contributed by atoms with van der Waals surface area (Å²) in [5.74, 6) is -2.23. The molecule has 2 unspecified atom stereocenters. The van der Waals surface area contributed by atoms with Crippen LogP contribution in [-0.2, 0) is 4.79 Å². The van der Waals surface area contributed by atoms with E-state index in [9.17, 15) is 28.8 Å². The van der Waals surface area contributed by atoms with Crippen LogP contribution in [0.3, 0.4) is 0 Å². The lowest BCUT2D eigenvalue weighted by atomic mass is 9.61. The highest BCUT2D eigenvalue weighted by molar-refractivity contribution is 5.94. The fraction of sp³-hybridized carbons (Fsp3) is 0.296. The van der Waals surface area contributed by atoms with Crippen molar-refractivity contribution in [2.24, 2.45) is 17.8 Å². The number of carbonyl (C=O) groups is 1. The number of carboxylic acids is 1. The van der Waals surface area contributed by atoms with Crippen LogP contribution in [0.15, 0.2) is 48.7 Å². The third-order valence-electron chi connectivity index (χ3n) is 7.84. The van der Waals surface area contributed by atoms with Gasteiger partial charge in [-0.2, -0.15) is 0 Å². The van der Waals surface area contributed by atoms with Gasteiger partial charge in [0.1, 0.15) is 17.5 Å². The molecular formula is C27H23F2N5O4. The largest absolute Gasteiger partial charge is 0.481 e. The molecule has 0 spiro atoms. The number of fused-ring (bicyclic) bond motifs is 4. The number of non-ortho nitro benzene ring substituents is 1. The van der Waals surface area contributed by atoms with Crippen LogP contribution in [-0.4, -0.2) is 37.0 Å². The number of benzene rings is 2. The summed E-state index contributed by atoms with van der Waals surface area (Å²) in [5.41, 5.74) is 1.11. The molecule has 0 amide bonds. The van der Waals surface area contributed by atoms with E-state index in [2.05, 4.69) is 20.3 Å². The van der Waals surface area contributed by atoms with Crippen LogP contribution in [0.4, 0.5) is 20.3 Å². The maximum absolute atomic E-state index is 14.4. The van der Waals surface area contributed by atoms with E-state index in [-0.39, 0.29) is 40.3 Å². The number of aromatic amines is 1. The molecule has 3 N–H and O–H groups in total. The summed E-state index contributed by atoms with van der Waals surface area (Å²) in [6, 6.07) is 9.19. The smallest absolute Gasteiger partial charge is 0.308 e. The maximum Gasteiger partial charge on any atom is 0.308 e. The molecular weight excluding hydrogens is 496 g/mol. The zero-order valence-electron chi connectivity index (χ0n) is 20.0. The van der Waals surface area contributed by atoms with Crippen molar-refractivity contribution in [1.82, 2.24) is 15.0 Å². The molecule has 2 atom stereocenters. The van der Waals surface area contributed by atoms with Crippen molar-refractivity contribution < 1.29 is 23.6 Å². The number of hydrogen-bond acceptors (Lipinski definition) is 6. The van der Waals surface area contributed by atoms with Crippen molar-refractivity contribution in [1.29, 1.82) is 0 Å². The molecule has 4 aromatic rings. The summed E-state index contributed by atoms with van der Waals surface area (Å²) < 4.78 is 28.5. The zero-order valence-corrected chi connectivity index (χ0v) is 20.0. The second-order valence-corrected chi connectivity index (χ2v) is 9.99. The van der Waals surface area contributed by atoms with E-state index in [4.69, 9.17) is 0 Å². The number of aromatic nitrogens is 3. The lowest BCUT2D eigenvalue weighted by Gasteiger charge is -2.47. The van der Waals surface area contributed by atoms with Crippen molar-refractivity contribution in [2.45, 2.75) is 31.7 Å². The van der Waals surface area contributed by atoms with E-state index in [1.807, 2.05) is 0 Å². The first-order valence-corrected chi connectivity index (χ1v) is 12.4. The van der Waals surface area contributed by atoms with Gasteiger partial charge in [-0.15, -0.1) is 0 Å². The third-order valence-corrected chi connectivity index (χ3v) is 7.84. The van der Waals surface area contributed by atoms with Crippen LogP contribution in [0.25, 0.3) is 33.5 Å². The molecule has 2 aromatic carbocycles. The Balaban J connectivity index is 1.49. The summed E-state index contributed by atoms with van der Waals surface area (Å²) in [6.45, 7) is 0. The summed E-state index contributed by atoms with van der Waals surface area (Å²) in [4.78, 5) is 35.1. The van der Waals surface area contributed by atoms with E-state index >= 15 is 0 Å². The first-order chi connectivity index (χ1) is 18.3. The second-order valence-electron chi connectivity index (χ2n) is 9.99. The number of halogens is 2. The van der Waals surface area contributed by atoms with Crippen molar-refractivity contribution in [3.8, 4) is 22.6 Å². The molecule has 2 bridgehead atoms. The fourth-order valence-corrected chi connectivity index (χ4v) is 6.09. The van der Waals surface area contributed by atoms with E-state index < -0.39 is 28.4 Å². The van der Waals surface area contributed by atoms with Crippen molar-refractivity contribution in [3.05, 3.63) is 70.4 Å². The highest BCUT2D eigenvalue weighted by Gasteiger charge is 2.47. The molecule has 3 aliphatic carbocycles. The molecule has 0 radical (unpaired) electrons. The van der Waals surface area contributed by atoms with Gasteiger partial charge in [0, 0.05) is 53.0 Å². The number of anilines is 1. The normalized spacial score (nSPS) is 22.5. The summed E-state index contributed by atoms with van der Waals surface area (Å²) in [7, 11) is 0. The number of nitro benzene ring substituents is 1. The molecule has 2 heterocycles. The SMILES string of the molecule is O=C(O)C1C2CCC(CC2)C1Nc1cc(-c2cccc([N+](=O)[O-])c2)nc(-c2c[nH]c3c(F)cc(F)cc23)n1. The molecule has 9 nitrogen and oxygen atoms in total. The average molecular weight is 520 g/mol. The Labute approximate surface area is 215 Å². The van der Waals surface area contributed by atoms with Crippen LogP contribution in [0.1, 0.15) is 25.7 Å². The Hall–Kier alpha value is -4.41. The van der Waals surface area contributed by atoms with Gasteiger partial charge in [0.2, 0.25) is 0 Å². The Bertz CT molecular complexity index is 1580. The van der Waals surface area contributed by atoms with Crippen molar-refractivity contribution in [3.63, 3.8) is 0 Å². The van der Waals surface area contributed by atoms with Crippen LogP contribution >= 0.6 is 0 Å². The van der Waals surface area contributed by atoms with Gasteiger partial charge in [0.25, 0.3) is 5.69 Å². The standard InChI is InChI=1S/C27H23F2N5O4/c28-16-9-18-19(12-30-25(18)20(29)10-16)26-31-21(15-2-1-3-17(8-15)34(37)38)11-22(33-26)32-24-14-6-4-13(5-7-14)23(24)27(35)36/h1-3,8-14,23-24,30H,4-7H2,(H,35,36)(H,31,32,33). The highest BCUT2D eigenvalue weighted by Crippen LogP contribution is 2.46. The third kappa shape index (κ3) is 4.13. The number of aliphatic carboxylic acids is 1. The summed E-state index contributed by atoms with van der Waals surface area (Å²) >= 11 is 0. The topological polar surface area (TPSA) is 134 Å². The molecule has 194 valence electrons. The molecule has 0 saturated heterocycles. The monoisotopic (exact) mass is 519 g/mol. The minimum Gasteiger partial charge on any atom is -0.481 e. The summed E-state index contributed by atoms with van der Waals surface area (Å²) in [6.07, 6.45) is 5.07. The van der Waals surface area contributed by atoms with Crippen LogP contribution < -0.4 is 5.32 Å². The van der Waals surface area contributed by atoms with Gasteiger partial charge in [-0.05, 0) is 43.6 Å². The van der Waals surface area contributed by atoms with Gasteiger partial charge in [0.05, 0.1) is 22.1 Å². The molecule has 3 fully saturated rings. The first kappa shape index (κ1) is 24.0. The average Bonchev–Trinajstić information content (AvgIpc) is 3.33. The fourth-order valence-electron chi connectivity index (χ4n) is 6.09. The molecule has 2 aromatic heterocycles. The molecule has 3 saturated carbocycles. The number of nitro groups is 1. The molecule has 7 rings (SSSR count). The predicted molar refractivity (Wildman–Crippen MR) is 135 cm³/mol. The van der Waals surface area contributed by atoms with Crippen molar-refractivity contribution >= 4 is 28.4 Å². The summed E-state index contributed by atoms with van der Waals surface area (Å²) in [5, 5.41) is 24.9. The number of H-pyrrole nitrogens is 1. The van der Waals surface area contributed by atoms with Gasteiger partial charge in [0.15, 0.2) is 5.82 Å². The number of nitrogens with one attached hydrogen (secondary N) is 2. The lowest BCUT2D eigenvalue weighted by molar-refractivity contribution is -0.384. The number of hydrogen-bond donors (Lipinski definition) is 3. The van der Waals surface area contributed by atoms with E-state index in [1.165, 1.54) is 24.4 Å². The van der Waals surface area contributed by atoms with Gasteiger partial charge in [-0.1, -0.05) is 12.1 Å². The molecule has 0 aliphatic heterocycles. The number of rotatable bonds is 6. The zero-order chi connectivity index (χ0) is 26.6. The second kappa shape index (κ2) is 9.16. The lowest BCUT2D eigenvalue weighted by Crippen LogP contribution is -2.51. The van der Waals surface area contributed by atoms with Gasteiger partial charge < -0.3 is 15.4 Å². The van der Waals surface area contributed by atoms with E-state index in [0.717, 1.165) is 31.7 Å². The number of carboxylic acid groups (broad SMARTS) is 1. The van der Waals surface area contributed by atoms with Crippen molar-refractivity contribution in [2.75, 3.05) is 5.32 Å². The Morgan fingerprint density at radius 3 is 2.58 bits per heavy atom. The molecule has 38 heavy (non-hydrogen) atoms. The van der Waals surface area contributed by atoms with Gasteiger partial charge >= 0.3 is 5.97 Å². The van der Waals surface area contributed by atoms with Crippen LogP contribution in [0.2, 0.25) is 0 Å². The van der Waals surface area contributed by atoms with Gasteiger partial charge in [-0.3, -0.25) is 14.9 Å². The van der Waals surface area contributed by atoms with Crippen LogP contribution in [0.5, 0.6) is 0 Å². The number of nitrogens with zero attached hydrogens (tertiary/aromatic N) is 3. The minimum absolute atomic E-state index is 0.0760. The first-order valence-electron chi connectivity index (χ1n) is 12.4. The Kier molecular flexibility index (Phi) is 5.77. The van der Waals surface area contributed by atoms with Crippen LogP contribution in [0, 0.1) is 39.5 Å². The highest BCUT2D eigenvalue weighted by atomic mass is 19.1. The Morgan fingerprint density at radius 2 is 1.84 bits per heavy atom. The predicted octanol–water partition coefficient (Wildman–Crippen LogP) is 5.78. The van der Waals surface area contributed by atoms with Gasteiger partial charge in [-0.25, -0.2) is 18.7 Å². The van der Waals surface area contributed by atoms with E-state index in [1.54, 1.807) is 18.2 Å². The molecule has 3 aliphatic rings. The minimum atomic E-state index is -0.854. The Morgan fingerprint density at radius 1 is 1.08 bits per heavy atom. The molecule has 11 heteroatoms. The maximum atomic E-state index is 14.4. The quantitative estimate of drug-likeness (QED) is 0.217.